The Morgan fingerprint density at radius 1 is 1.50 bits per heavy atom. The van der Waals surface area contributed by atoms with E-state index in [4.69, 9.17) is 5.26 Å². The summed E-state index contributed by atoms with van der Waals surface area (Å²) >= 11 is 0. The Balaban J connectivity index is 2.00. The molecule has 2 rings (SSSR count). The Labute approximate surface area is 120 Å². The average molecular weight is 271 g/mol. The van der Waals surface area contributed by atoms with Crippen LogP contribution < -0.4 is 5.32 Å². The topological polar surface area (TPSA) is 56.1 Å². The maximum Gasteiger partial charge on any atom is 0.241 e. The van der Waals surface area contributed by atoms with Crippen LogP contribution in [0.1, 0.15) is 32.3 Å². The second-order valence-corrected chi connectivity index (χ2v) is 5.35. The molecule has 0 aliphatic heterocycles. The van der Waals surface area contributed by atoms with Crippen LogP contribution in [0.4, 0.5) is 5.69 Å². The number of benzene rings is 1. The lowest BCUT2D eigenvalue weighted by molar-refractivity contribution is -0.120. The zero-order valence-electron chi connectivity index (χ0n) is 12.1. The van der Waals surface area contributed by atoms with Crippen molar-refractivity contribution in [3.63, 3.8) is 0 Å². The Morgan fingerprint density at radius 2 is 2.20 bits per heavy atom. The van der Waals surface area contributed by atoms with Crippen molar-refractivity contribution in [2.45, 2.75) is 32.7 Å². The lowest BCUT2D eigenvalue weighted by Crippen LogP contribution is -2.43. The number of hydrogen-bond acceptors (Lipinski definition) is 3. The minimum Gasteiger partial charge on any atom is -0.324 e. The second-order valence-electron chi connectivity index (χ2n) is 5.35. The molecule has 1 aromatic carbocycles. The van der Waals surface area contributed by atoms with Crippen molar-refractivity contribution in [1.29, 1.82) is 5.26 Å². The van der Waals surface area contributed by atoms with Gasteiger partial charge in [0.05, 0.1) is 17.3 Å². The summed E-state index contributed by atoms with van der Waals surface area (Å²) in [6.07, 6.45) is 2.56. The lowest BCUT2D eigenvalue weighted by atomic mass is 10.1. The number of carbonyl (C=O) groups excluding carboxylic acids is 1. The number of para-hydroxylation sites is 1. The fourth-order valence-corrected chi connectivity index (χ4v) is 2.29. The molecule has 4 heteroatoms. The zero-order chi connectivity index (χ0) is 14.5. The van der Waals surface area contributed by atoms with Gasteiger partial charge < -0.3 is 5.32 Å². The number of nitrogens with zero attached hydrogens (tertiary/aromatic N) is 2. The predicted octanol–water partition coefficient (Wildman–Crippen LogP) is 2.62. The monoisotopic (exact) mass is 271 g/mol. The molecule has 0 radical (unpaired) electrons. The summed E-state index contributed by atoms with van der Waals surface area (Å²) in [5.41, 5.74) is 1.09. The highest BCUT2D eigenvalue weighted by atomic mass is 16.2. The van der Waals surface area contributed by atoms with Gasteiger partial charge in [0.15, 0.2) is 0 Å². The van der Waals surface area contributed by atoms with Gasteiger partial charge in [0.2, 0.25) is 5.91 Å². The van der Waals surface area contributed by atoms with Crippen LogP contribution in [0.15, 0.2) is 24.3 Å². The minimum atomic E-state index is -0.174. The van der Waals surface area contributed by atoms with Crippen LogP contribution >= 0.6 is 0 Å². The van der Waals surface area contributed by atoms with E-state index in [0.717, 1.165) is 19.0 Å². The summed E-state index contributed by atoms with van der Waals surface area (Å²) in [5, 5.41) is 11.9. The summed E-state index contributed by atoms with van der Waals surface area (Å²) in [5.74, 6) is 0.715. The van der Waals surface area contributed by atoms with E-state index in [1.165, 1.54) is 12.8 Å². The standard InChI is InChI=1S/C16H21N3O/c1-3-19(11-13-8-9-13)12(2)16(20)18-15-7-5-4-6-14(15)10-17/h4-7,12-13H,3,8-9,11H2,1-2H3,(H,18,20). The molecular formula is C16H21N3O. The third-order valence-corrected chi connectivity index (χ3v) is 3.83. The van der Waals surface area contributed by atoms with E-state index in [2.05, 4.69) is 23.2 Å². The molecule has 1 fully saturated rings. The number of nitrogens with one attached hydrogen (secondary N) is 1. The number of carbonyl (C=O) groups is 1. The minimum absolute atomic E-state index is 0.0461. The predicted molar refractivity (Wildman–Crippen MR) is 79.2 cm³/mol. The van der Waals surface area contributed by atoms with Crippen molar-refractivity contribution in [3.8, 4) is 6.07 Å². The molecule has 0 spiro atoms. The first kappa shape index (κ1) is 14.5. The van der Waals surface area contributed by atoms with Crippen molar-refractivity contribution in [2.75, 3.05) is 18.4 Å². The Kier molecular flexibility index (Phi) is 4.75. The average Bonchev–Trinajstić information content (AvgIpc) is 3.28. The Morgan fingerprint density at radius 3 is 2.80 bits per heavy atom. The number of hydrogen-bond donors (Lipinski definition) is 1. The third kappa shape index (κ3) is 3.58. The van der Waals surface area contributed by atoms with Crippen molar-refractivity contribution in [3.05, 3.63) is 29.8 Å². The number of likely N-dealkylation sites (N-methyl/N-ethyl adjacent to an activating group) is 1. The van der Waals surface area contributed by atoms with Gasteiger partial charge in [0, 0.05) is 6.54 Å². The van der Waals surface area contributed by atoms with Crippen LogP contribution in [0.2, 0.25) is 0 Å². The van der Waals surface area contributed by atoms with Gasteiger partial charge >= 0.3 is 0 Å². The summed E-state index contributed by atoms with van der Waals surface area (Å²) in [7, 11) is 0. The van der Waals surface area contributed by atoms with Gasteiger partial charge in [-0.15, -0.1) is 0 Å². The molecule has 1 aromatic rings. The highest BCUT2D eigenvalue weighted by Crippen LogP contribution is 2.30. The van der Waals surface area contributed by atoms with Gasteiger partial charge in [-0.25, -0.2) is 0 Å². The molecular weight excluding hydrogens is 250 g/mol. The first-order valence-electron chi connectivity index (χ1n) is 7.19. The smallest absolute Gasteiger partial charge is 0.241 e. The molecule has 1 amide bonds. The first-order chi connectivity index (χ1) is 9.65. The van der Waals surface area contributed by atoms with Gasteiger partial charge in [-0.3, -0.25) is 9.69 Å². The number of anilines is 1. The van der Waals surface area contributed by atoms with E-state index in [9.17, 15) is 4.79 Å². The van der Waals surface area contributed by atoms with E-state index < -0.39 is 0 Å². The van der Waals surface area contributed by atoms with Crippen LogP contribution in [-0.2, 0) is 4.79 Å². The Bertz CT molecular complexity index is 517. The van der Waals surface area contributed by atoms with Crippen LogP contribution in [-0.4, -0.2) is 29.9 Å². The number of rotatable bonds is 6. The van der Waals surface area contributed by atoms with Crippen molar-refractivity contribution in [1.82, 2.24) is 4.90 Å². The van der Waals surface area contributed by atoms with E-state index in [-0.39, 0.29) is 11.9 Å². The lowest BCUT2D eigenvalue weighted by Gasteiger charge is -2.27. The normalized spacial score (nSPS) is 15.7. The number of nitriles is 1. The molecule has 1 unspecified atom stereocenters. The SMILES string of the molecule is CCN(CC1CC1)C(C)C(=O)Nc1ccccc1C#N. The van der Waals surface area contributed by atoms with E-state index in [0.29, 0.717) is 11.3 Å². The highest BCUT2D eigenvalue weighted by molar-refractivity contribution is 5.95. The molecule has 4 nitrogen and oxygen atoms in total. The molecule has 106 valence electrons. The van der Waals surface area contributed by atoms with Crippen molar-refractivity contribution < 1.29 is 4.79 Å². The summed E-state index contributed by atoms with van der Waals surface area (Å²) in [4.78, 5) is 14.5. The van der Waals surface area contributed by atoms with Crippen LogP contribution in [0, 0.1) is 17.2 Å². The van der Waals surface area contributed by atoms with E-state index >= 15 is 0 Å². The molecule has 0 heterocycles. The fourth-order valence-electron chi connectivity index (χ4n) is 2.29. The largest absolute Gasteiger partial charge is 0.324 e. The summed E-state index contributed by atoms with van der Waals surface area (Å²) in [6.45, 7) is 5.86. The maximum atomic E-state index is 12.3. The molecule has 0 aromatic heterocycles. The maximum absolute atomic E-state index is 12.3. The van der Waals surface area contributed by atoms with E-state index in [1.807, 2.05) is 13.0 Å². The Hall–Kier alpha value is -1.86. The molecule has 1 N–H and O–H groups in total. The van der Waals surface area contributed by atoms with Crippen molar-refractivity contribution >= 4 is 11.6 Å². The van der Waals surface area contributed by atoms with Gasteiger partial charge in [0.25, 0.3) is 0 Å². The molecule has 1 saturated carbocycles. The van der Waals surface area contributed by atoms with Crippen LogP contribution in [0.25, 0.3) is 0 Å². The first-order valence-corrected chi connectivity index (χ1v) is 7.19. The summed E-state index contributed by atoms with van der Waals surface area (Å²) in [6, 6.07) is 9.01. The quantitative estimate of drug-likeness (QED) is 0.865. The zero-order valence-corrected chi connectivity index (χ0v) is 12.1. The molecule has 20 heavy (non-hydrogen) atoms. The highest BCUT2D eigenvalue weighted by Gasteiger charge is 2.28. The van der Waals surface area contributed by atoms with Crippen LogP contribution in [0.3, 0.4) is 0 Å². The van der Waals surface area contributed by atoms with Crippen molar-refractivity contribution in [2.24, 2.45) is 5.92 Å². The molecule has 1 atom stereocenters. The van der Waals surface area contributed by atoms with E-state index in [1.54, 1.807) is 18.2 Å². The van der Waals surface area contributed by atoms with Gasteiger partial charge in [-0.2, -0.15) is 5.26 Å². The molecule has 0 saturated heterocycles. The van der Waals surface area contributed by atoms with Gasteiger partial charge in [0.1, 0.15) is 6.07 Å². The summed E-state index contributed by atoms with van der Waals surface area (Å²) < 4.78 is 0. The molecule has 1 aliphatic rings. The van der Waals surface area contributed by atoms with Gasteiger partial charge in [-0.05, 0) is 44.4 Å². The van der Waals surface area contributed by atoms with Crippen LogP contribution in [0.5, 0.6) is 0 Å². The molecule has 0 bridgehead atoms. The second kappa shape index (κ2) is 6.53. The van der Waals surface area contributed by atoms with Gasteiger partial charge in [-0.1, -0.05) is 19.1 Å². The number of amides is 1. The third-order valence-electron chi connectivity index (χ3n) is 3.83. The molecule has 1 aliphatic carbocycles. The fraction of sp³-hybridized carbons (Fsp3) is 0.500.